The first-order valence-electron chi connectivity index (χ1n) is 4.22. The van der Waals surface area contributed by atoms with E-state index in [-0.39, 0.29) is 5.75 Å². The molecule has 14 heavy (non-hydrogen) atoms. The summed E-state index contributed by atoms with van der Waals surface area (Å²) in [6, 6.07) is 5.09. The molecule has 0 atom stereocenters. The van der Waals surface area contributed by atoms with E-state index in [1.807, 2.05) is 6.08 Å². The molecule has 2 N–H and O–H groups in total. The molecule has 2 rings (SSSR count). The van der Waals surface area contributed by atoms with Crippen molar-refractivity contribution in [1.82, 2.24) is 9.97 Å². The van der Waals surface area contributed by atoms with Crippen LogP contribution in [0, 0.1) is 0 Å². The minimum absolute atomic E-state index is 0.251. The van der Waals surface area contributed by atoms with Crippen LogP contribution in [0.15, 0.2) is 36.0 Å². The third-order valence-electron chi connectivity index (χ3n) is 1.78. The van der Waals surface area contributed by atoms with Crippen molar-refractivity contribution in [3.8, 4) is 5.75 Å². The Bertz CT molecular complexity index is 464. The van der Waals surface area contributed by atoms with Crippen LogP contribution < -0.4 is 0 Å². The van der Waals surface area contributed by atoms with E-state index in [9.17, 15) is 5.11 Å². The molecule has 72 valence electrons. The Kier molecular flexibility index (Phi) is 2.45. The Labute approximate surface area is 85.9 Å². The van der Waals surface area contributed by atoms with Gasteiger partial charge in [-0.05, 0) is 12.1 Å². The van der Waals surface area contributed by atoms with Crippen LogP contribution in [0.2, 0.25) is 0 Å². The summed E-state index contributed by atoms with van der Waals surface area (Å²) in [4.78, 5) is 7.46. The summed E-state index contributed by atoms with van der Waals surface area (Å²) >= 11 is 1.59. The van der Waals surface area contributed by atoms with Gasteiger partial charge in [0.2, 0.25) is 0 Å². The number of fused-ring (bicyclic) bond motifs is 1. The number of aromatic nitrogens is 2. The van der Waals surface area contributed by atoms with E-state index in [0.29, 0.717) is 0 Å². The third-order valence-corrected chi connectivity index (χ3v) is 2.65. The first kappa shape index (κ1) is 9.15. The molecule has 0 aliphatic heterocycles. The third kappa shape index (κ3) is 1.75. The second kappa shape index (κ2) is 3.75. The molecule has 0 radical (unpaired) electrons. The highest BCUT2D eigenvalue weighted by Gasteiger charge is 2.02. The lowest BCUT2D eigenvalue weighted by Gasteiger charge is -1.89. The zero-order valence-electron chi connectivity index (χ0n) is 7.53. The molecule has 0 aliphatic carbocycles. The topological polar surface area (TPSA) is 48.9 Å². The van der Waals surface area contributed by atoms with Gasteiger partial charge >= 0.3 is 0 Å². The van der Waals surface area contributed by atoms with Crippen molar-refractivity contribution in [2.24, 2.45) is 0 Å². The molecule has 0 saturated heterocycles. The summed E-state index contributed by atoms with van der Waals surface area (Å²) in [6.07, 6.45) is 1.83. The fraction of sp³-hybridized carbons (Fsp3) is 0.100. The molecule has 3 nitrogen and oxygen atoms in total. The van der Waals surface area contributed by atoms with E-state index >= 15 is 0 Å². The van der Waals surface area contributed by atoms with Crippen LogP contribution in [0.5, 0.6) is 5.75 Å². The molecule has 0 aliphatic rings. The Morgan fingerprint density at radius 1 is 1.57 bits per heavy atom. The van der Waals surface area contributed by atoms with Gasteiger partial charge < -0.3 is 10.1 Å². The van der Waals surface area contributed by atoms with Gasteiger partial charge in [0.15, 0.2) is 5.16 Å². The number of thioether (sulfide) groups is 1. The smallest absolute Gasteiger partial charge is 0.166 e. The number of hydrogen-bond acceptors (Lipinski definition) is 3. The first-order chi connectivity index (χ1) is 6.79. The van der Waals surface area contributed by atoms with Gasteiger partial charge in [-0.25, -0.2) is 4.98 Å². The minimum atomic E-state index is 0.251. The summed E-state index contributed by atoms with van der Waals surface area (Å²) < 4.78 is 0. The number of phenols is 1. The number of nitrogens with one attached hydrogen (secondary N) is 1. The molecule has 1 heterocycles. The molecule has 0 spiro atoms. The maximum Gasteiger partial charge on any atom is 0.166 e. The van der Waals surface area contributed by atoms with Crippen LogP contribution in [-0.2, 0) is 0 Å². The maximum atomic E-state index is 9.24. The van der Waals surface area contributed by atoms with Crippen molar-refractivity contribution in [3.63, 3.8) is 0 Å². The number of benzene rings is 1. The summed E-state index contributed by atoms with van der Waals surface area (Å²) in [6.45, 7) is 3.64. The predicted octanol–water partition coefficient (Wildman–Crippen LogP) is 2.55. The molecule has 0 saturated carbocycles. The average Bonchev–Trinajstić information content (AvgIpc) is 2.56. The van der Waals surface area contributed by atoms with Crippen molar-refractivity contribution >= 4 is 22.8 Å². The first-order valence-corrected chi connectivity index (χ1v) is 5.20. The number of H-pyrrole nitrogens is 1. The molecular weight excluding hydrogens is 196 g/mol. The Morgan fingerprint density at radius 2 is 2.43 bits per heavy atom. The van der Waals surface area contributed by atoms with E-state index in [1.165, 1.54) is 0 Å². The number of imidazole rings is 1. The van der Waals surface area contributed by atoms with E-state index in [0.717, 1.165) is 21.9 Å². The number of phenolic OH excluding ortho intramolecular Hbond substituents is 1. The van der Waals surface area contributed by atoms with Gasteiger partial charge in [0.25, 0.3) is 0 Å². The monoisotopic (exact) mass is 206 g/mol. The summed E-state index contributed by atoms with van der Waals surface area (Å²) in [5.41, 5.74) is 1.73. The minimum Gasteiger partial charge on any atom is -0.508 e. The van der Waals surface area contributed by atoms with E-state index in [4.69, 9.17) is 0 Å². The van der Waals surface area contributed by atoms with Gasteiger partial charge in [-0.3, -0.25) is 0 Å². The predicted molar refractivity (Wildman–Crippen MR) is 58.7 cm³/mol. The number of aromatic amines is 1. The maximum absolute atomic E-state index is 9.24. The van der Waals surface area contributed by atoms with Gasteiger partial charge in [-0.15, -0.1) is 6.58 Å². The summed E-state index contributed by atoms with van der Waals surface area (Å²) in [5, 5.41) is 10.1. The van der Waals surface area contributed by atoms with Gasteiger partial charge in [0.05, 0.1) is 11.0 Å². The highest BCUT2D eigenvalue weighted by atomic mass is 32.2. The second-order valence-corrected chi connectivity index (χ2v) is 3.85. The fourth-order valence-electron chi connectivity index (χ4n) is 1.18. The van der Waals surface area contributed by atoms with Crippen LogP contribution in [0.3, 0.4) is 0 Å². The zero-order chi connectivity index (χ0) is 9.97. The number of nitrogens with zero attached hydrogens (tertiary/aromatic N) is 1. The zero-order valence-corrected chi connectivity index (χ0v) is 8.34. The Hall–Kier alpha value is -1.42. The van der Waals surface area contributed by atoms with E-state index in [1.54, 1.807) is 30.0 Å². The van der Waals surface area contributed by atoms with Crippen LogP contribution in [0.4, 0.5) is 0 Å². The highest BCUT2D eigenvalue weighted by Crippen LogP contribution is 2.22. The summed E-state index contributed by atoms with van der Waals surface area (Å²) in [5.74, 6) is 1.08. The van der Waals surface area contributed by atoms with Crippen LogP contribution in [0.25, 0.3) is 11.0 Å². The standard InChI is InChI=1S/C10H10N2OS/c1-2-5-14-10-11-8-4-3-7(13)6-9(8)12-10/h2-4,6,13H,1,5H2,(H,11,12). The van der Waals surface area contributed by atoms with Crippen LogP contribution in [0.1, 0.15) is 0 Å². The van der Waals surface area contributed by atoms with Crippen molar-refractivity contribution in [2.45, 2.75) is 5.16 Å². The van der Waals surface area contributed by atoms with Crippen LogP contribution >= 0.6 is 11.8 Å². The van der Waals surface area contributed by atoms with Gasteiger partial charge in [-0.2, -0.15) is 0 Å². The molecule has 0 bridgehead atoms. The van der Waals surface area contributed by atoms with Gasteiger partial charge in [0, 0.05) is 11.8 Å². The number of hydrogen-bond donors (Lipinski definition) is 2. The molecule has 0 fully saturated rings. The molecule has 1 aromatic carbocycles. The normalized spacial score (nSPS) is 10.6. The average molecular weight is 206 g/mol. The quantitative estimate of drug-likeness (QED) is 0.599. The molecule has 4 heteroatoms. The lowest BCUT2D eigenvalue weighted by molar-refractivity contribution is 0.476. The Morgan fingerprint density at radius 3 is 3.21 bits per heavy atom. The SMILES string of the molecule is C=CCSc1nc2ccc(O)cc2[nH]1. The van der Waals surface area contributed by atoms with E-state index in [2.05, 4.69) is 16.5 Å². The Balaban J connectivity index is 2.36. The van der Waals surface area contributed by atoms with Crippen LogP contribution in [-0.4, -0.2) is 20.8 Å². The lowest BCUT2D eigenvalue weighted by atomic mass is 10.3. The lowest BCUT2D eigenvalue weighted by Crippen LogP contribution is -1.74. The summed E-state index contributed by atoms with van der Waals surface area (Å²) in [7, 11) is 0. The van der Waals surface area contributed by atoms with E-state index < -0.39 is 0 Å². The van der Waals surface area contributed by atoms with Crippen molar-refractivity contribution < 1.29 is 5.11 Å². The van der Waals surface area contributed by atoms with Crippen molar-refractivity contribution in [1.29, 1.82) is 0 Å². The molecule has 2 aromatic rings. The molecular formula is C10H10N2OS. The second-order valence-electron chi connectivity index (χ2n) is 2.84. The number of rotatable bonds is 3. The highest BCUT2D eigenvalue weighted by molar-refractivity contribution is 7.99. The van der Waals surface area contributed by atoms with Crippen molar-refractivity contribution in [2.75, 3.05) is 5.75 Å². The molecule has 0 unspecified atom stereocenters. The molecule has 0 amide bonds. The van der Waals surface area contributed by atoms with Gasteiger partial charge in [-0.1, -0.05) is 17.8 Å². The largest absolute Gasteiger partial charge is 0.508 e. The fourth-order valence-corrected chi connectivity index (χ4v) is 1.80. The molecule has 1 aromatic heterocycles. The number of aromatic hydroxyl groups is 1. The van der Waals surface area contributed by atoms with Crippen molar-refractivity contribution in [3.05, 3.63) is 30.9 Å². The van der Waals surface area contributed by atoms with Gasteiger partial charge in [0.1, 0.15) is 5.75 Å².